The maximum Gasteiger partial charge on any atom is 0.335 e. The highest BCUT2D eigenvalue weighted by Gasteiger charge is 2.11. The Kier molecular flexibility index (Phi) is 4.11. The normalized spacial score (nSPS) is 12.5. The minimum atomic E-state index is -1.15. The van der Waals surface area contributed by atoms with Gasteiger partial charge in [0, 0.05) is 10.1 Å². The van der Waals surface area contributed by atoms with E-state index in [4.69, 9.17) is 10.2 Å². The lowest BCUT2D eigenvalue weighted by atomic mass is 10.2. The third kappa shape index (κ3) is 3.21. The van der Waals surface area contributed by atoms with Crippen molar-refractivity contribution >= 4 is 17.7 Å². The van der Waals surface area contributed by atoms with Crippen LogP contribution in [0.3, 0.4) is 0 Å². The Hall–Kier alpha value is -1.07. The summed E-state index contributed by atoms with van der Waals surface area (Å²) in [5.41, 5.74) is -0.0755. The fourth-order valence-corrected chi connectivity index (χ4v) is 1.81. The Labute approximate surface area is 90.9 Å². The summed E-state index contributed by atoms with van der Waals surface area (Å²) < 4.78 is 13.3. The van der Waals surface area contributed by atoms with Crippen molar-refractivity contribution in [1.29, 1.82) is 0 Å². The van der Waals surface area contributed by atoms with Crippen LogP contribution in [0.5, 0.6) is 0 Å². The number of benzene rings is 1. The van der Waals surface area contributed by atoms with Crippen LogP contribution < -0.4 is 0 Å². The molecule has 0 spiro atoms. The molecular weight excluding hydrogens is 219 g/mol. The molecule has 5 heteroatoms. The van der Waals surface area contributed by atoms with Crippen LogP contribution >= 0.6 is 11.8 Å². The maximum atomic E-state index is 13.3. The van der Waals surface area contributed by atoms with Gasteiger partial charge in [-0.15, -0.1) is 11.8 Å². The van der Waals surface area contributed by atoms with Crippen LogP contribution in [0.15, 0.2) is 23.1 Å². The number of halogens is 1. The molecule has 0 saturated heterocycles. The van der Waals surface area contributed by atoms with Crippen molar-refractivity contribution in [3.8, 4) is 0 Å². The second-order valence-electron chi connectivity index (χ2n) is 3.06. The second-order valence-corrected chi connectivity index (χ2v) is 4.54. The van der Waals surface area contributed by atoms with E-state index < -0.39 is 11.8 Å². The molecule has 0 aromatic heterocycles. The van der Waals surface area contributed by atoms with Gasteiger partial charge < -0.3 is 10.2 Å². The fraction of sp³-hybridized carbons (Fsp3) is 0.300. The number of hydrogen-bond acceptors (Lipinski definition) is 3. The monoisotopic (exact) mass is 230 g/mol. The molecule has 1 unspecified atom stereocenters. The lowest BCUT2D eigenvalue weighted by molar-refractivity contribution is 0.0696. The van der Waals surface area contributed by atoms with E-state index in [1.165, 1.54) is 23.9 Å². The standard InChI is InChI=1S/C10H11FO3S/c1-6(5-12)15-9-3-2-7(10(13)14)4-8(9)11/h2-4,6,12H,5H2,1H3,(H,13,14). The number of carboxylic acid groups (broad SMARTS) is 1. The number of rotatable bonds is 4. The smallest absolute Gasteiger partial charge is 0.335 e. The molecule has 1 rings (SSSR count). The zero-order valence-electron chi connectivity index (χ0n) is 8.11. The first-order valence-corrected chi connectivity index (χ1v) is 5.23. The highest BCUT2D eigenvalue weighted by atomic mass is 32.2. The maximum absolute atomic E-state index is 13.3. The third-order valence-electron chi connectivity index (χ3n) is 1.76. The Bertz CT molecular complexity index is 368. The van der Waals surface area contributed by atoms with Gasteiger partial charge >= 0.3 is 5.97 Å². The van der Waals surface area contributed by atoms with Crippen molar-refractivity contribution in [2.45, 2.75) is 17.1 Å². The molecule has 0 bridgehead atoms. The summed E-state index contributed by atoms with van der Waals surface area (Å²) in [6.07, 6.45) is 0. The molecule has 0 amide bonds. The predicted octanol–water partition coefficient (Wildman–Crippen LogP) is 2.00. The molecule has 0 fully saturated rings. The zero-order chi connectivity index (χ0) is 11.4. The Balaban J connectivity index is 2.88. The number of aliphatic hydroxyl groups is 1. The molecule has 0 aliphatic carbocycles. The molecule has 0 aliphatic rings. The second kappa shape index (κ2) is 5.14. The Morgan fingerprint density at radius 1 is 1.60 bits per heavy atom. The summed E-state index contributed by atoms with van der Waals surface area (Å²) in [4.78, 5) is 10.9. The van der Waals surface area contributed by atoms with Crippen molar-refractivity contribution < 1.29 is 19.4 Å². The van der Waals surface area contributed by atoms with Gasteiger partial charge in [-0.25, -0.2) is 9.18 Å². The summed E-state index contributed by atoms with van der Waals surface area (Å²) in [5, 5.41) is 17.3. The number of aromatic carboxylic acids is 1. The molecule has 82 valence electrons. The predicted molar refractivity (Wildman–Crippen MR) is 55.8 cm³/mol. The van der Waals surface area contributed by atoms with Crippen molar-refractivity contribution in [1.82, 2.24) is 0 Å². The van der Waals surface area contributed by atoms with E-state index in [9.17, 15) is 9.18 Å². The number of carboxylic acids is 1. The summed E-state index contributed by atoms with van der Waals surface area (Å²) in [6, 6.07) is 3.74. The molecule has 1 atom stereocenters. The van der Waals surface area contributed by atoms with Gasteiger partial charge in [-0.3, -0.25) is 0 Å². The number of carbonyl (C=O) groups is 1. The van der Waals surface area contributed by atoms with Gasteiger partial charge in [0.1, 0.15) is 5.82 Å². The molecule has 3 nitrogen and oxygen atoms in total. The first-order valence-electron chi connectivity index (χ1n) is 4.35. The number of aliphatic hydroxyl groups excluding tert-OH is 1. The van der Waals surface area contributed by atoms with Gasteiger partial charge in [0.05, 0.1) is 12.2 Å². The van der Waals surface area contributed by atoms with Crippen LogP contribution in [0, 0.1) is 5.82 Å². The minimum Gasteiger partial charge on any atom is -0.478 e. The summed E-state index contributed by atoms with van der Waals surface area (Å²) >= 11 is 1.17. The molecule has 1 aromatic rings. The molecule has 0 saturated carbocycles. The molecule has 1 aromatic carbocycles. The summed E-state index contributed by atoms with van der Waals surface area (Å²) in [7, 11) is 0. The van der Waals surface area contributed by atoms with Crippen molar-refractivity contribution in [3.05, 3.63) is 29.6 Å². The van der Waals surface area contributed by atoms with E-state index in [1.807, 2.05) is 0 Å². The average Bonchev–Trinajstić information content (AvgIpc) is 2.20. The van der Waals surface area contributed by atoms with E-state index in [0.717, 1.165) is 6.07 Å². The van der Waals surface area contributed by atoms with Crippen LogP contribution in [-0.2, 0) is 0 Å². The van der Waals surface area contributed by atoms with Gasteiger partial charge in [-0.2, -0.15) is 0 Å². The van der Waals surface area contributed by atoms with Gasteiger partial charge in [-0.05, 0) is 18.2 Å². The van der Waals surface area contributed by atoms with Crippen LogP contribution in [0.1, 0.15) is 17.3 Å². The van der Waals surface area contributed by atoms with Gasteiger partial charge in [0.25, 0.3) is 0 Å². The van der Waals surface area contributed by atoms with E-state index in [0.29, 0.717) is 4.90 Å². The average molecular weight is 230 g/mol. The van der Waals surface area contributed by atoms with Gasteiger partial charge in [0.15, 0.2) is 0 Å². The zero-order valence-corrected chi connectivity index (χ0v) is 8.92. The molecular formula is C10H11FO3S. The first-order chi connectivity index (χ1) is 7.04. The topological polar surface area (TPSA) is 57.5 Å². The molecule has 15 heavy (non-hydrogen) atoms. The van der Waals surface area contributed by atoms with E-state index in [2.05, 4.69) is 0 Å². The fourth-order valence-electron chi connectivity index (χ4n) is 0.983. The van der Waals surface area contributed by atoms with Crippen LogP contribution in [-0.4, -0.2) is 28.0 Å². The highest BCUT2D eigenvalue weighted by Crippen LogP contribution is 2.26. The highest BCUT2D eigenvalue weighted by molar-refractivity contribution is 8.00. The largest absolute Gasteiger partial charge is 0.478 e. The third-order valence-corrected chi connectivity index (χ3v) is 2.90. The minimum absolute atomic E-state index is 0.0508. The molecule has 0 aliphatic heterocycles. The van der Waals surface area contributed by atoms with Gasteiger partial charge in [-0.1, -0.05) is 6.92 Å². The van der Waals surface area contributed by atoms with Crippen LogP contribution in [0.25, 0.3) is 0 Å². The van der Waals surface area contributed by atoms with E-state index in [-0.39, 0.29) is 17.4 Å². The Morgan fingerprint density at radius 3 is 2.73 bits per heavy atom. The number of thioether (sulfide) groups is 1. The summed E-state index contributed by atoms with van der Waals surface area (Å²) in [5.74, 6) is -1.72. The van der Waals surface area contributed by atoms with Crippen molar-refractivity contribution in [2.24, 2.45) is 0 Å². The summed E-state index contributed by atoms with van der Waals surface area (Å²) in [6.45, 7) is 1.71. The van der Waals surface area contributed by atoms with E-state index in [1.54, 1.807) is 6.92 Å². The quantitative estimate of drug-likeness (QED) is 0.777. The lowest BCUT2D eigenvalue weighted by Gasteiger charge is -2.08. The molecule has 2 N–H and O–H groups in total. The van der Waals surface area contributed by atoms with Crippen molar-refractivity contribution in [2.75, 3.05) is 6.61 Å². The van der Waals surface area contributed by atoms with Crippen LogP contribution in [0.2, 0.25) is 0 Å². The number of hydrogen-bond donors (Lipinski definition) is 2. The SMILES string of the molecule is CC(CO)Sc1ccc(C(=O)O)cc1F. The first kappa shape index (κ1) is 12.0. The van der Waals surface area contributed by atoms with Gasteiger partial charge in [0.2, 0.25) is 0 Å². The van der Waals surface area contributed by atoms with E-state index >= 15 is 0 Å². The van der Waals surface area contributed by atoms with Crippen LogP contribution in [0.4, 0.5) is 4.39 Å². The van der Waals surface area contributed by atoms with Crippen molar-refractivity contribution in [3.63, 3.8) is 0 Å². The Morgan fingerprint density at radius 2 is 2.27 bits per heavy atom. The lowest BCUT2D eigenvalue weighted by Crippen LogP contribution is -2.03. The molecule has 0 radical (unpaired) electrons. The molecule has 0 heterocycles.